The number of hydrogen-bond acceptors (Lipinski definition) is 2. The van der Waals surface area contributed by atoms with Crippen molar-refractivity contribution < 1.29 is 0 Å². The standard InChI is InChI=1S/C19H40N2/c1-6-11-15-20(16-12-7-2)18-14-13-17-21(10-5)19(18,8-3)9-4/h18H,6-17H2,1-5H3. The topological polar surface area (TPSA) is 6.48 Å². The lowest BCUT2D eigenvalue weighted by atomic mass is 9.76. The van der Waals surface area contributed by atoms with Crippen LogP contribution < -0.4 is 0 Å². The van der Waals surface area contributed by atoms with Crippen molar-refractivity contribution in [3.63, 3.8) is 0 Å². The molecule has 1 heterocycles. The fourth-order valence-corrected chi connectivity index (χ4v) is 4.49. The molecule has 0 N–H and O–H groups in total. The van der Waals surface area contributed by atoms with Crippen LogP contribution in [-0.4, -0.2) is 47.6 Å². The summed E-state index contributed by atoms with van der Waals surface area (Å²) in [6, 6.07) is 0.777. The van der Waals surface area contributed by atoms with E-state index < -0.39 is 0 Å². The molecule has 0 saturated carbocycles. The molecule has 1 rings (SSSR count). The first kappa shape index (κ1) is 19.0. The zero-order valence-electron chi connectivity index (χ0n) is 15.5. The molecule has 0 bridgehead atoms. The number of rotatable bonds is 10. The predicted molar refractivity (Wildman–Crippen MR) is 95.0 cm³/mol. The molecule has 1 unspecified atom stereocenters. The van der Waals surface area contributed by atoms with Crippen molar-refractivity contribution in [1.29, 1.82) is 0 Å². The second-order valence-corrected chi connectivity index (χ2v) is 6.79. The minimum atomic E-state index is 0.425. The third-order valence-electron chi connectivity index (χ3n) is 5.80. The van der Waals surface area contributed by atoms with Gasteiger partial charge in [-0.3, -0.25) is 9.80 Å². The third-order valence-corrected chi connectivity index (χ3v) is 5.80. The Morgan fingerprint density at radius 1 is 0.952 bits per heavy atom. The van der Waals surface area contributed by atoms with E-state index in [1.165, 1.54) is 77.5 Å². The SMILES string of the molecule is CCCCN(CCCC)C1CCCN(CC)C1(CC)CC. The molecule has 1 saturated heterocycles. The van der Waals surface area contributed by atoms with Gasteiger partial charge < -0.3 is 0 Å². The number of nitrogens with zero attached hydrogens (tertiary/aromatic N) is 2. The monoisotopic (exact) mass is 296 g/mol. The van der Waals surface area contributed by atoms with Crippen LogP contribution in [0, 0.1) is 0 Å². The van der Waals surface area contributed by atoms with Gasteiger partial charge in [-0.2, -0.15) is 0 Å². The lowest BCUT2D eigenvalue weighted by Crippen LogP contribution is -2.64. The molecule has 0 amide bonds. The molecule has 21 heavy (non-hydrogen) atoms. The predicted octanol–water partition coefficient (Wildman–Crippen LogP) is 4.93. The van der Waals surface area contributed by atoms with Gasteiger partial charge in [-0.25, -0.2) is 0 Å². The average molecular weight is 297 g/mol. The maximum Gasteiger partial charge on any atom is 0.0359 e. The number of unbranched alkanes of at least 4 members (excludes halogenated alkanes) is 2. The first-order valence-corrected chi connectivity index (χ1v) is 9.69. The first-order chi connectivity index (χ1) is 10.2. The fourth-order valence-electron chi connectivity index (χ4n) is 4.49. The van der Waals surface area contributed by atoms with E-state index in [4.69, 9.17) is 0 Å². The Hall–Kier alpha value is -0.0800. The van der Waals surface area contributed by atoms with E-state index in [9.17, 15) is 0 Å². The highest BCUT2D eigenvalue weighted by molar-refractivity contribution is 5.02. The van der Waals surface area contributed by atoms with Gasteiger partial charge in [0.25, 0.3) is 0 Å². The van der Waals surface area contributed by atoms with E-state index in [1.54, 1.807) is 0 Å². The number of likely N-dealkylation sites (N-methyl/N-ethyl adjacent to an activating group) is 1. The molecule has 1 aliphatic rings. The quantitative estimate of drug-likeness (QED) is 0.564. The molecular weight excluding hydrogens is 256 g/mol. The van der Waals surface area contributed by atoms with Gasteiger partial charge in [0, 0.05) is 11.6 Å². The highest BCUT2D eigenvalue weighted by Gasteiger charge is 2.44. The van der Waals surface area contributed by atoms with Gasteiger partial charge in [-0.1, -0.05) is 47.5 Å². The first-order valence-electron chi connectivity index (χ1n) is 9.69. The van der Waals surface area contributed by atoms with Crippen molar-refractivity contribution in [1.82, 2.24) is 9.80 Å². The summed E-state index contributed by atoms with van der Waals surface area (Å²) in [5, 5.41) is 0. The van der Waals surface area contributed by atoms with Crippen molar-refractivity contribution >= 4 is 0 Å². The Morgan fingerprint density at radius 2 is 1.52 bits per heavy atom. The molecule has 126 valence electrons. The highest BCUT2D eigenvalue weighted by Crippen LogP contribution is 2.37. The van der Waals surface area contributed by atoms with Crippen LogP contribution >= 0.6 is 0 Å². The van der Waals surface area contributed by atoms with Crippen molar-refractivity contribution in [2.45, 2.75) is 97.6 Å². The summed E-state index contributed by atoms with van der Waals surface area (Å²) in [5.74, 6) is 0. The summed E-state index contributed by atoms with van der Waals surface area (Å²) in [5.41, 5.74) is 0.425. The molecule has 0 radical (unpaired) electrons. The molecule has 1 atom stereocenters. The van der Waals surface area contributed by atoms with Gasteiger partial charge in [0.05, 0.1) is 0 Å². The van der Waals surface area contributed by atoms with E-state index in [-0.39, 0.29) is 0 Å². The lowest BCUT2D eigenvalue weighted by Gasteiger charge is -2.55. The summed E-state index contributed by atoms with van der Waals surface area (Å²) >= 11 is 0. The molecule has 0 aromatic carbocycles. The van der Waals surface area contributed by atoms with Gasteiger partial charge in [0.15, 0.2) is 0 Å². The third kappa shape index (κ3) is 4.45. The fraction of sp³-hybridized carbons (Fsp3) is 1.00. The van der Waals surface area contributed by atoms with Gasteiger partial charge in [0.2, 0.25) is 0 Å². The van der Waals surface area contributed by atoms with Gasteiger partial charge in [0.1, 0.15) is 0 Å². The Morgan fingerprint density at radius 3 is 1.95 bits per heavy atom. The minimum Gasteiger partial charge on any atom is -0.299 e. The summed E-state index contributed by atoms with van der Waals surface area (Å²) in [6.45, 7) is 17.0. The van der Waals surface area contributed by atoms with Gasteiger partial charge >= 0.3 is 0 Å². The molecule has 0 spiro atoms. The van der Waals surface area contributed by atoms with Crippen LogP contribution in [0.2, 0.25) is 0 Å². The van der Waals surface area contributed by atoms with Gasteiger partial charge in [-0.15, -0.1) is 0 Å². The van der Waals surface area contributed by atoms with E-state index in [0.717, 1.165) is 6.04 Å². The molecule has 2 nitrogen and oxygen atoms in total. The average Bonchev–Trinajstić information content (AvgIpc) is 2.54. The molecule has 0 aromatic rings. The minimum absolute atomic E-state index is 0.425. The Bertz CT molecular complexity index is 252. The Kier molecular flexibility index (Phi) is 8.89. The van der Waals surface area contributed by atoms with Crippen molar-refractivity contribution in [3.05, 3.63) is 0 Å². The largest absolute Gasteiger partial charge is 0.299 e. The molecule has 2 heteroatoms. The molecule has 1 fully saturated rings. The zero-order valence-corrected chi connectivity index (χ0v) is 15.5. The van der Waals surface area contributed by atoms with Crippen LogP contribution in [0.25, 0.3) is 0 Å². The molecule has 1 aliphatic heterocycles. The second-order valence-electron chi connectivity index (χ2n) is 6.79. The number of likely N-dealkylation sites (tertiary alicyclic amines) is 1. The van der Waals surface area contributed by atoms with Crippen LogP contribution in [0.5, 0.6) is 0 Å². The summed E-state index contributed by atoms with van der Waals surface area (Å²) in [7, 11) is 0. The van der Waals surface area contributed by atoms with E-state index in [0.29, 0.717) is 5.54 Å². The number of hydrogen-bond donors (Lipinski definition) is 0. The maximum absolute atomic E-state index is 2.86. The Balaban J connectivity index is 2.93. The zero-order chi connectivity index (χ0) is 15.7. The van der Waals surface area contributed by atoms with E-state index >= 15 is 0 Å². The van der Waals surface area contributed by atoms with Crippen LogP contribution in [0.1, 0.15) is 86.0 Å². The summed E-state index contributed by atoms with van der Waals surface area (Å²) < 4.78 is 0. The van der Waals surface area contributed by atoms with Crippen LogP contribution in [0.15, 0.2) is 0 Å². The summed E-state index contributed by atoms with van der Waals surface area (Å²) in [6.07, 6.45) is 10.7. The maximum atomic E-state index is 2.86. The van der Waals surface area contributed by atoms with E-state index in [2.05, 4.69) is 44.4 Å². The highest BCUT2D eigenvalue weighted by atomic mass is 15.3. The molecule has 0 aliphatic carbocycles. The number of piperidine rings is 1. The van der Waals surface area contributed by atoms with E-state index in [1.807, 2.05) is 0 Å². The Labute approximate surface area is 134 Å². The smallest absolute Gasteiger partial charge is 0.0359 e. The summed E-state index contributed by atoms with van der Waals surface area (Å²) in [4.78, 5) is 5.66. The van der Waals surface area contributed by atoms with Crippen molar-refractivity contribution in [2.75, 3.05) is 26.2 Å². The van der Waals surface area contributed by atoms with Gasteiger partial charge in [-0.05, 0) is 64.7 Å². The van der Waals surface area contributed by atoms with Crippen LogP contribution in [0.3, 0.4) is 0 Å². The van der Waals surface area contributed by atoms with Crippen molar-refractivity contribution in [3.8, 4) is 0 Å². The molecular formula is C19H40N2. The second kappa shape index (κ2) is 9.84. The van der Waals surface area contributed by atoms with Crippen LogP contribution in [0.4, 0.5) is 0 Å². The normalized spacial score (nSPS) is 22.9. The van der Waals surface area contributed by atoms with Crippen molar-refractivity contribution in [2.24, 2.45) is 0 Å². The van der Waals surface area contributed by atoms with Crippen LogP contribution in [-0.2, 0) is 0 Å². The lowest BCUT2D eigenvalue weighted by molar-refractivity contribution is -0.0423. The molecule has 0 aromatic heterocycles.